The number of rotatable bonds is 6. The van der Waals surface area contributed by atoms with Gasteiger partial charge in [-0.3, -0.25) is 4.79 Å². The largest absolute Gasteiger partial charge is 0.393 e. The third-order valence-electron chi connectivity index (χ3n) is 5.10. The molecule has 1 aliphatic carbocycles. The average Bonchev–Trinajstić information content (AvgIpc) is 2.99. The van der Waals surface area contributed by atoms with Gasteiger partial charge in [-0.2, -0.15) is 0 Å². The standard InChI is InChI=1S/C16H26N4O2S/c1-2-3-13-15(23-20-19-13)16(22)18-14(11-8-12(21)9-11)10-4-6-17-7-5-10/h10-12,14,17,21H,2-9H2,1H3,(H,18,22)/t11?,12?,14-/m0/s1. The van der Waals surface area contributed by atoms with Gasteiger partial charge in [0.2, 0.25) is 0 Å². The van der Waals surface area contributed by atoms with Crippen LogP contribution >= 0.6 is 11.5 Å². The molecule has 2 heterocycles. The van der Waals surface area contributed by atoms with E-state index in [1.54, 1.807) is 0 Å². The van der Waals surface area contributed by atoms with Gasteiger partial charge in [-0.15, -0.1) is 5.10 Å². The van der Waals surface area contributed by atoms with Crippen LogP contribution in [0, 0.1) is 11.8 Å². The van der Waals surface area contributed by atoms with Crippen LogP contribution in [-0.2, 0) is 6.42 Å². The SMILES string of the molecule is CCCc1nnsc1C(=O)N[C@@H](C1CCNCC1)C1CC(O)C1. The maximum Gasteiger partial charge on any atom is 0.265 e. The molecule has 128 valence electrons. The van der Waals surface area contributed by atoms with Crippen LogP contribution in [0.2, 0.25) is 0 Å². The molecule has 3 N–H and O–H groups in total. The maximum absolute atomic E-state index is 12.7. The number of piperidine rings is 1. The molecule has 1 amide bonds. The van der Waals surface area contributed by atoms with Gasteiger partial charge in [-0.05, 0) is 68.6 Å². The third kappa shape index (κ3) is 3.89. The van der Waals surface area contributed by atoms with Gasteiger partial charge in [0.15, 0.2) is 0 Å². The van der Waals surface area contributed by atoms with Crippen molar-refractivity contribution in [3.05, 3.63) is 10.6 Å². The lowest BCUT2D eigenvalue weighted by atomic mass is 9.71. The van der Waals surface area contributed by atoms with Crippen LogP contribution in [0.25, 0.3) is 0 Å². The zero-order valence-electron chi connectivity index (χ0n) is 13.6. The summed E-state index contributed by atoms with van der Waals surface area (Å²) in [5.41, 5.74) is 0.813. The zero-order chi connectivity index (χ0) is 16.2. The van der Waals surface area contributed by atoms with Gasteiger partial charge >= 0.3 is 0 Å². The highest BCUT2D eigenvalue weighted by atomic mass is 32.1. The first kappa shape index (κ1) is 16.8. The Hall–Kier alpha value is -1.05. The fourth-order valence-electron chi connectivity index (χ4n) is 3.75. The van der Waals surface area contributed by atoms with Crippen molar-refractivity contribution < 1.29 is 9.90 Å². The highest BCUT2D eigenvalue weighted by molar-refractivity contribution is 7.08. The Balaban J connectivity index is 1.69. The molecule has 6 nitrogen and oxygen atoms in total. The van der Waals surface area contributed by atoms with Crippen LogP contribution < -0.4 is 10.6 Å². The van der Waals surface area contributed by atoms with Gasteiger partial charge in [0, 0.05) is 6.04 Å². The van der Waals surface area contributed by atoms with E-state index in [4.69, 9.17) is 0 Å². The van der Waals surface area contributed by atoms with Gasteiger partial charge in [0.1, 0.15) is 4.88 Å². The predicted octanol–water partition coefficient (Wildman–Crippen LogP) is 1.36. The minimum Gasteiger partial charge on any atom is -0.393 e. The number of aromatic nitrogens is 2. The molecule has 0 spiro atoms. The first-order valence-electron chi connectivity index (χ1n) is 8.70. The summed E-state index contributed by atoms with van der Waals surface area (Å²) < 4.78 is 3.95. The molecular weight excluding hydrogens is 312 g/mol. The lowest BCUT2D eigenvalue weighted by Crippen LogP contribution is -2.52. The smallest absolute Gasteiger partial charge is 0.265 e. The van der Waals surface area contributed by atoms with Crippen molar-refractivity contribution in [3.63, 3.8) is 0 Å². The Bertz CT molecular complexity index is 524. The summed E-state index contributed by atoms with van der Waals surface area (Å²) in [5, 5.41) is 20.4. The summed E-state index contributed by atoms with van der Waals surface area (Å²) in [6, 6.07) is 0.157. The normalized spacial score (nSPS) is 26.5. The average molecular weight is 338 g/mol. The van der Waals surface area contributed by atoms with Crippen LogP contribution in [0.15, 0.2) is 0 Å². The molecular formula is C16H26N4O2S. The second-order valence-electron chi connectivity index (χ2n) is 6.77. The molecule has 1 aromatic heterocycles. The molecule has 23 heavy (non-hydrogen) atoms. The number of aryl methyl sites for hydroxylation is 1. The summed E-state index contributed by atoms with van der Waals surface area (Å²) in [5.74, 6) is 0.856. The van der Waals surface area contributed by atoms with Gasteiger partial charge in [-0.1, -0.05) is 17.8 Å². The number of nitrogens with one attached hydrogen (secondary N) is 2. The number of aliphatic hydroxyl groups excluding tert-OH is 1. The van der Waals surface area contributed by atoms with E-state index in [0.29, 0.717) is 16.7 Å². The van der Waals surface area contributed by atoms with E-state index in [-0.39, 0.29) is 18.1 Å². The van der Waals surface area contributed by atoms with E-state index in [1.165, 1.54) is 11.5 Å². The lowest BCUT2D eigenvalue weighted by Gasteiger charge is -2.43. The van der Waals surface area contributed by atoms with Gasteiger partial charge in [0.05, 0.1) is 11.8 Å². The summed E-state index contributed by atoms with van der Waals surface area (Å²) in [4.78, 5) is 13.4. The van der Waals surface area contributed by atoms with E-state index in [0.717, 1.165) is 57.3 Å². The molecule has 2 aliphatic rings. The topological polar surface area (TPSA) is 87.1 Å². The second kappa shape index (κ2) is 7.68. The van der Waals surface area contributed by atoms with Crippen LogP contribution in [0.4, 0.5) is 0 Å². The summed E-state index contributed by atoms with van der Waals surface area (Å²) in [6.07, 6.45) is 5.33. The molecule has 0 bridgehead atoms. The minimum absolute atomic E-state index is 0.0339. The van der Waals surface area contributed by atoms with Gasteiger partial charge in [0.25, 0.3) is 5.91 Å². The number of carbonyl (C=O) groups is 1. The lowest BCUT2D eigenvalue weighted by molar-refractivity contribution is 0.00922. The van der Waals surface area contributed by atoms with Crippen molar-refractivity contribution in [3.8, 4) is 0 Å². The van der Waals surface area contributed by atoms with Crippen LogP contribution in [-0.4, -0.2) is 45.8 Å². The number of hydrogen-bond acceptors (Lipinski definition) is 6. The molecule has 1 atom stereocenters. The molecule has 0 radical (unpaired) electrons. The van der Waals surface area contributed by atoms with Crippen molar-refractivity contribution in [2.45, 2.75) is 57.6 Å². The fourth-order valence-corrected chi connectivity index (χ4v) is 4.36. The maximum atomic E-state index is 12.7. The van der Waals surface area contributed by atoms with Crippen LogP contribution in [0.1, 0.15) is 54.4 Å². The Morgan fingerprint density at radius 2 is 2.13 bits per heavy atom. The Morgan fingerprint density at radius 1 is 1.39 bits per heavy atom. The fraction of sp³-hybridized carbons (Fsp3) is 0.812. The number of amides is 1. The van der Waals surface area contributed by atoms with Crippen molar-refractivity contribution in [2.24, 2.45) is 11.8 Å². The van der Waals surface area contributed by atoms with E-state index >= 15 is 0 Å². The molecule has 1 aromatic rings. The van der Waals surface area contributed by atoms with E-state index in [9.17, 15) is 9.90 Å². The van der Waals surface area contributed by atoms with E-state index < -0.39 is 0 Å². The molecule has 7 heteroatoms. The monoisotopic (exact) mass is 338 g/mol. The van der Waals surface area contributed by atoms with Crippen molar-refractivity contribution in [2.75, 3.05) is 13.1 Å². The molecule has 2 fully saturated rings. The van der Waals surface area contributed by atoms with Gasteiger partial charge in [-0.25, -0.2) is 0 Å². The first-order chi connectivity index (χ1) is 11.2. The zero-order valence-corrected chi connectivity index (χ0v) is 14.4. The van der Waals surface area contributed by atoms with Gasteiger partial charge < -0.3 is 15.7 Å². The van der Waals surface area contributed by atoms with E-state index in [2.05, 4.69) is 27.1 Å². The Kier molecular flexibility index (Phi) is 5.61. The number of nitrogens with zero attached hydrogens (tertiary/aromatic N) is 2. The van der Waals surface area contributed by atoms with Crippen LogP contribution in [0.3, 0.4) is 0 Å². The Morgan fingerprint density at radius 3 is 2.78 bits per heavy atom. The molecule has 1 aliphatic heterocycles. The highest BCUT2D eigenvalue weighted by Gasteiger charge is 2.39. The molecule has 0 unspecified atom stereocenters. The number of carbonyl (C=O) groups excluding carboxylic acids is 1. The number of aliphatic hydroxyl groups is 1. The Labute approximate surface area is 141 Å². The molecule has 0 aromatic carbocycles. The number of hydrogen-bond donors (Lipinski definition) is 3. The van der Waals surface area contributed by atoms with Crippen molar-refractivity contribution >= 4 is 17.4 Å². The molecule has 1 saturated carbocycles. The van der Waals surface area contributed by atoms with Crippen molar-refractivity contribution in [1.82, 2.24) is 20.2 Å². The highest BCUT2D eigenvalue weighted by Crippen LogP contribution is 2.36. The first-order valence-corrected chi connectivity index (χ1v) is 9.47. The summed E-state index contributed by atoms with van der Waals surface area (Å²) >= 11 is 1.19. The quantitative estimate of drug-likeness (QED) is 0.729. The molecule has 3 rings (SSSR count). The second-order valence-corrected chi connectivity index (χ2v) is 7.52. The minimum atomic E-state index is -0.193. The van der Waals surface area contributed by atoms with Crippen molar-refractivity contribution in [1.29, 1.82) is 0 Å². The van der Waals surface area contributed by atoms with E-state index in [1.807, 2.05) is 0 Å². The third-order valence-corrected chi connectivity index (χ3v) is 5.86. The van der Waals surface area contributed by atoms with Crippen LogP contribution in [0.5, 0.6) is 0 Å². The summed E-state index contributed by atoms with van der Waals surface area (Å²) in [6.45, 7) is 4.10. The summed E-state index contributed by atoms with van der Waals surface area (Å²) in [7, 11) is 0. The predicted molar refractivity (Wildman–Crippen MR) is 89.5 cm³/mol. The molecule has 1 saturated heterocycles.